The minimum atomic E-state index is 0. The molecule has 0 radical (unpaired) electrons. The monoisotopic (exact) mass is 488 g/mol. The highest BCUT2D eigenvalue weighted by Gasteiger charge is 2.13. The van der Waals surface area contributed by atoms with Gasteiger partial charge >= 0.3 is 0 Å². The lowest BCUT2D eigenvalue weighted by molar-refractivity contribution is 0.368. The summed E-state index contributed by atoms with van der Waals surface area (Å²) in [5, 5.41) is 15.3. The van der Waals surface area contributed by atoms with E-state index in [0.717, 1.165) is 48.2 Å². The maximum atomic E-state index is 5.47. The molecule has 2 aromatic rings. The molecular weight excluding hydrogens is 455 g/mol. The largest absolute Gasteiger partial charge is 0.359 e. The first-order valence-electron chi connectivity index (χ1n) is 9.46. The van der Waals surface area contributed by atoms with Gasteiger partial charge in [0, 0.05) is 36.8 Å². The number of halogens is 1. The van der Waals surface area contributed by atoms with Crippen molar-refractivity contribution in [3.63, 3.8) is 0 Å². The molecule has 27 heavy (non-hydrogen) atoms. The van der Waals surface area contributed by atoms with E-state index in [1.807, 2.05) is 24.7 Å². The SMILES string of the molecule is CCNC(=NCc1c(C)nn(C)c1C)NCc1cc(C(CC)CC)no1.I. The molecule has 0 aliphatic rings. The van der Waals surface area contributed by atoms with Crippen molar-refractivity contribution in [2.45, 2.75) is 66.5 Å². The molecule has 152 valence electrons. The number of nitrogens with zero attached hydrogens (tertiary/aromatic N) is 4. The van der Waals surface area contributed by atoms with Crippen LogP contribution in [-0.4, -0.2) is 27.4 Å². The van der Waals surface area contributed by atoms with E-state index < -0.39 is 0 Å². The van der Waals surface area contributed by atoms with E-state index in [0.29, 0.717) is 19.0 Å². The first kappa shape index (κ1) is 23.5. The minimum Gasteiger partial charge on any atom is -0.359 e. The molecule has 2 heterocycles. The molecule has 0 fully saturated rings. The normalized spacial score (nSPS) is 11.6. The molecule has 0 aromatic carbocycles. The maximum absolute atomic E-state index is 5.47. The van der Waals surface area contributed by atoms with Crippen molar-refractivity contribution in [2.24, 2.45) is 12.0 Å². The van der Waals surface area contributed by atoms with Crippen molar-refractivity contribution >= 4 is 29.9 Å². The van der Waals surface area contributed by atoms with Crippen LogP contribution in [0.2, 0.25) is 0 Å². The zero-order chi connectivity index (χ0) is 19.1. The van der Waals surface area contributed by atoms with Crippen molar-refractivity contribution in [2.75, 3.05) is 6.54 Å². The Morgan fingerprint density at radius 2 is 1.93 bits per heavy atom. The fourth-order valence-corrected chi connectivity index (χ4v) is 3.03. The van der Waals surface area contributed by atoms with Crippen molar-refractivity contribution in [3.8, 4) is 0 Å². The molecule has 2 N–H and O–H groups in total. The topological polar surface area (TPSA) is 80.3 Å². The Balaban J connectivity index is 0.00000364. The van der Waals surface area contributed by atoms with Gasteiger partial charge in [-0.15, -0.1) is 24.0 Å². The molecule has 0 aliphatic heterocycles. The minimum absolute atomic E-state index is 0. The second kappa shape index (κ2) is 11.3. The highest BCUT2D eigenvalue weighted by atomic mass is 127. The molecule has 0 aliphatic carbocycles. The number of guanidine groups is 1. The number of hydrogen-bond acceptors (Lipinski definition) is 4. The first-order chi connectivity index (χ1) is 12.5. The van der Waals surface area contributed by atoms with E-state index in [-0.39, 0.29) is 24.0 Å². The lowest BCUT2D eigenvalue weighted by Gasteiger charge is -2.10. The van der Waals surface area contributed by atoms with E-state index >= 15 is 0 Å². The van der Waals surface area contributed by atoms with Gasteiger partial charge in [0.15, 0.2) is 11.7 Å². The third-order valence-corrected chi connectivity index (χ3v) is 4.81. The predicted octanol–water partition coefficient (Wildman–Crippen LogP) is 3.80. The van der Waals surface area contributed by atoms with Crippen LogP contribution in [0.15, 0.2) is 15.6 Å². The Labute approximate surface area is 179 Å². The molecule has 7 nitrogen and oxygen atoms in total. The van der Waals surface area contributed by atoms with E-state index in [4.69, 9.17) is 4.52 Å². The van der Waals surface area contributed by atoms with Gasteiger partial charge in [-0.2, -0.15) is 5.10 Å². The number of hydrogen-bond donors (Lipinski definition) is 2. The summed E-state index contributed by atoms with van der Waals surface area (Å²) in [5.74, 6) is 2.05. The fraction of sp³-hybridized carbons (Fsp3) is 0.632. The number of nitrogens with one attached hydrogen (secondary N) is 2. The van der Waals surface area contributed by atoms with Crippen molar-refractivity contribution in [1.29, 1.82) is 0 Å². The number of rotatable bonds is 8. The summed E-state index contributed by atoms with van der Waals surface area (Å²) < 4.78 is 7.37. The molecule has 0 unspecified atom stereocenters. The van der Waals surface area contributed by atoms with Gasteiger partial charge in [-0.1, -0.05) is 19.0 Å². The van der Waals surface area contributed by atoms with Crippen LogP contribution in [0.3, 0.4) is 0 Å². The van der Waals surface area contributed by atoms with Crippen LogP contribution in [0.25, 0.3) is 0 Å². The lowest BCUT2D eigenvalue weighted by atomic mass is 9.99. The predicted molar refractivity (Wildman–Crippen MR) is 120 cm³/mol. The average Bonchev–Trinajstić information content (AvgIpc) is 3.17. The Hall–Kier alpha value is -1.58. The molecule has 8 heteroatoms. The second-order valence-electron chi connectivity index (χ2n) is 6.55. The van der Waals surface area contributed by atoms with Crippen molar-refractivity contribution in [3.05, 3.63) is 34.5 Å². The van der Waals surface area contributed by atoms with Gasteiger partial charge in [0.25, 0.3) is 0 Å². The van der Waals surface area contributed by atoms with Gasteiger partial charge in [0.05, 0.1) is 24.5 Å². The Morgan fingerprint density at radius 1 is 1.22 bits per heavy atom. The first-order valence-corrected chi connectivity index (χ1v) is 9.46. The van der Waals surface area contributed by atoms with Gasteiger partial charge in [0.2, 0.25) is 0 Å². The summed E-state index contributed by atoms with van der Waals surface area (Å²) >= 11 is 0. The van der Waals surface area contributed by atoms with E-state index in [1.165, 1.54) is 5.56 Å². The smallest absolute Gasteiger partial charge is 0.191 e. The summed E-state index contributed by atoms with van der Waals surface area (Å²) in [4.78, 5) is 4.69. The van der Waals surface area contributed by atoms with Crippen LogP contribution in [0.5, 0.6) is 0 Å². The Morgan fingerprint density at radius 3 is 2.48 bits per heavy atom. The van der Waals surface area contributed by atoms with Crippen LogP contribution in [0.1, 0.15) is 67.9 Å². The zero-order valence-electron chi connectivity index (χ0n) is 17.3. The molecule has 2 aromatic heterocycles. The summed E-state index contributed by atoms with van der Waals surface area (Å²) in [7, 11) is 1.96. The zero-order valence-corrected chi connectivity index (χ0v) is 19.6. The molecule has 0 bridgehead atoms. The van der Waals surface area contributed by atoms with Crippen LogP contribution < -0.4 is 10.6 Å². The van der Waals surface area contributed by atoms with Gasteiger partial charge < -0.3 is 15.2 Å². The van der Waals surface area contributed by atoms with Crippen molar-refractivity contribution in [1.82, 2.24) is 25.6 Å². The van der Waals surface area contributed by atoms with Gasteiger partial charge in [-0.25, -0.2) is 4.99 Å². The highest BCUT2D eigenvalue weighted by Crippen LogP contribution is 2.22. The average molecular weight is 488 g/mol. The standard InChI is InChI=1S/C19H32N6O.HI/c1-7-15(8-2)18-10-16(26-24-18)11-21-19(20-9-3)22-12-17-13(4)23-25(6)14(17)5;/h10,15H,7-9,11-12H2,1-6H3,(H2,20,21,22);1H. The number of aliphatic imine (C=N–C) groups is 1. The number of aryl methyl sites for hydroxylation is 2. The summed E-state index contributed by atoms with van der Waals surface area (Å²) in [5.41, 5.74) is 4.37. The van der Waals surface area contributed by atoms with Crippen LogP contribution in [0, 0.1) is 13.8 Å². The molecule has 2 rings (SSSR count). The van der Waals surface area contributed by atoms with E-state index in [1.54, 1.807) is 0 Å². The van der Waals surface area contributed by atoms with Gasteiger partial charge in [-0.3, -0.25) is 4.68 Å². The molecule has 0 saturated heterocycles. The molecule has 0 saturated carbocycles. The summed E-state index contributed by atoms with van der Waals surface area (Å²) in [6.45, 7) is 12.5. The third kappa shape index (κ3) is 6.22. The summed E-state index contributed by atoms with van der Waals surface area (Å²) in [6, 6.07) is 2.05. The second-order valence-corrected chi connectivity index (χ2v) is 6.55. The van der Waals surface area contributed by atoms with Crippen molar-refractivity contribution < 1.29 is 4.52 Å². The Kier molecular flexibility index (Phi) is 9.82. The molecular formula is C19H33IN6O. The number of aromatic nitrogens is 3. The lowest BCUT2D eigenvalue weighted by Crippen LogP contribution is -2.36. The quantitative estimate of drug-likeness (QED) is 0.336. The van der Waals surface area contributed by atoms with Crippen LogP contribution in [-0.2, 0) is 20.1 Å². The maximum Gasteiger partial charge on any atom is 0.191 e. The van der Waals surface area contributed by atoms with Gasteiger partial charge in [0.1, 0.15) is 0 Å². The molecule has 0 spiro atoms. The van der Waals surface area contributed by atoms with Crippen LogP contribution >= 0.6 is 24.0 Å². The van der Waals surface area contributed by atoms with Gasteiger partial charge in [-0.05, 0) is 33.6 Å². The Bertz CT molecular complexity index is 733. The third-order valence-electron chi connectivity index (χ3n) is 4.81. The highest BCUT2D eigenvalue weighted by molar-refractivity contribution is 14.0. The summed E-state index contributed by atoms with van der Waals surface area (Å²) in [6.07, 6.45) is 2.15. The van der Waals surface area contributed by atoms with E-state index in [9.17, 15) is 0 Å². The molecule has 0 amide bonds. The molecule has 0 atom stereocenters. The van der Waals surface area contributed by atoms with Crippen LogP contribution in [0.4, 0.5) is 0 Å². The fourth-order valence-electron chi connectivity index (χ4n) is 3.03. The van der Waals surface area contributed by atoms with E-state index in [2.05, 4.69) is 53.6 Å².